The van der Waals surface area contributed by atoms with Gasteiger partial charge in [-0.25, -0.2) is 0 Å². The summed E-state index contributed by atoms with van der Waals surface area (Å²) in [5.74, 6) is 0. The molecule has 1 saturated heterocycles. The summed E-state index contributed by atoms with van der Waals surface area (Å²) in [7, 11) is 0. The zero-order valence-electron chi connectivity index (χ0n) is 6.24. The van der Waals surface area contributed by atoms with Crippen molar-refractivity contribution in [3.05, 3.63) is 0 Å². The predicted octanol–water partition coefficient (Wildman–Crippen LogP) is -3.22. The Kier molecular flexibility index (Phi) is 2.99. The fourth-order valence-electron chi connectivity index (χ4n) is 1.11. The highest BCUT2D eigenvalue weighted by molar-refractivity contribution is 4.89. The fraction of sp³-hybridized carbons (Fsp3) is 1.00. The van der Waals surface area contributed by atoms with Crippen molar-refractivity contribution >= 4 is 0 Å². The lowest BCUT2D eigenvalue weighted by molar-refractivity contribution is -0.150. The van der Waals surface area contributed by atoms with Gasteiger partial charge in [0.1, 0.15) is 24.4 Å². The van der Waals surface area contributed by atoms with Gasteiger partial charge in [0.2, 0.25) is 0 Å². The van der Waals surface area contributed by atoms with Crippen LogP contribution in [0, 0.1) is 0 Å². The van der Waals surface area contributed by atoms with Crippen LogP contribution in [0.2, 0.25) is 0 Å². The van der Waals surface area contributed by atoms with E-state index in [0.29, 0.717) is 0 Å². The summed E-state index contributed by atoms with van der Waals surface area (Å²) < 4.78 is 4.58. The molecule has 6 nitrogen and oxygen atoms in total. The first-order valence-electron chi connectivity index (χ1n) is 3.56. The number of aliphatic hydroxyl groups excluding tert-OH is 5. The van der Waals surface area contributed by atoms with E-state index in [1.165, 1.54) is 0 Å². The number of rotatable bonds is 2. The molecule has 0 saturated carbocycles. The van der Waals surface area contributed by atoms with E-state index in [9.17, 15) is 0 Å². The summed E-state index contributed by atoms with van der Waals surface area (Å²) >= 11 is 0. The standard InChI is InChI=1S/C6H12O6/c7-1-2(8)5-3(9)4(10)6(11)12-5/h2-11H,1H2/t2-,3-,4-,5-,6+/m0/s1. The minimum absolute atomic E-state index is 0.596. The van der Waals surface area contributed by atoms with Gasteiger partial charge in [-0.05, 0) is 0 Å². The van der Waals surface area contributed by atoms with Gasteiger partial charge in [0, 0.05) is 0 Å². The molecule has 12 heavy (non-hydrogen) atoms. The van der Waals surface area contributed by atoms with Crippen molar-refractivity contribution in [3.8, 4) is 0 Å². The van der Waals surface area contributed by atoms with Gasteiger partial charge in [-0.15, -0.1) is 0 Å². The van der Waals surface area contributed by atoms with E-state index in [1.54, 1.807) is 0 Å². The Balaban J connectivity index is 2.58. The van der Waals surface area contributed by atoms with Crippen molar-refractivity contribution in [2.75, 3.05) is 6.61 Å². The second kappa shape index (κ2) is 3.65. The Morgan fingerprint density at radius 1 is 1.17 bits per heavy atom. The van der Waals surface area contributed by atoms with Crippen LogP contribution in [0.3, 0.4) is 0 Å². The van der Waals surface area contributed by atoms with Gasteiger partial charge >= 0.3 is 0 Å². The van der Waals surface area contributed by atoms with Gasteiger partial charge in [-0.1, -0.05) is 0 Å². The van der Waals surface area contributed by atoms with E-state index in [1.807, 2.05) is 0 Å². The van der Waals surface area contributed by atoms with Crippen LogP contribution < -0.4 is 0 Å². The monoisotopic (exact) mass is 180 g/mol. The van der Waals surface area contributed by atoms with E-state index in [0.717, 1.165) is 0 Å². The molecule has 1 aliphatic rings. The molecule has 0 bridgehead atoms. The van der Waals surface area contributed by atoms with E-state index >= 15 is 0 Å². The maximum absolute atomic E-state index is 9.12. The fourth-order valence-corrected chi connectivity index (χ4v) is 1.11. The second-order valence-corrected chi connectivity index (χ2v) is 2.72. The van der Waals surface area contributed by atoms with Crippen LogP contribution in [0.1, 0.15) is 0 Å². The number of aliphatic hydroxyl groups is 5. The molecule has 1 aliphatic heterocycles. The Morgan fingerprint density at radius 3 is 2.08 bits per heavy atom. The SMILES string of the molecule is OC[C@H](O)[C@@H]1O[C@@H](O)[C@@H](O)[C@@H]1O. The van der Waals surface area contributed by atoms with Crippen molar-refractivity contribution in [1.82, 2.24) is 0 Å². The van der Waals surface area contributed by atoms with Crippen molar-refractivity contribution in [1.29, 1.82) is 0 Å². The molecule has 0 aromatic carbocycles. The van der Waals surface area contributed by atoms with E-state index in [4.69, 9.17) is 25.5 Å². The van der Waals surface area contributed by atoms with Gasteiger partial charge < -0.3 is 30.3 Å². The molecule has 0 radical (unpaired) electrons. The second-order valence-electron chi connectivity index (χ2n) is 2.72. The average molecular weight is 180 g/mol. The lowest BCUT2D eigenvalue weighted by Gasteiger charge is -2.18. The zero-order valence-corrected chi connectivity index (χ0v) is 6.24. The van der Waals surface area contributed by atoms with Gasteiger partial charge in [0.15, 0.2) is 6.29 Å². The predicted molar refractivity (Wildman–Crippen MR) is 36.0 cm³/mol. The number of hydrogen-bond acceptors (Lipinski definition) is 6. The molecular weight excluding hydrogens is 168 g/mol. The van der Waals surface area contributed by atoms with Crippen LogP contribution in [0.15, 0.2) is 0 Å². The van der Waals surface area contributed by atoms with Crippen LogP contribution in [0.25, 0.3) is 0 Å². The molecule has 1 rings (SSSR count). The van der Waals surface area contributed by atoms with Crippen molar-refractivity contribution in [2.45, 2.75) is 30.7 Å². The first kappa shape index (κ1) is 9.85. The Bertz CT molecular complexity index is 151. The molecule has 1 heterocycles. The number of hydrogen-bond donors (Lipinski definition) is 5. The van der Waals surface area contributed by atoms with E-state index in [2.05, 4.69) is 4.74 Å². The average Bonchev–Trinajstić information content (AvgIpc) is 2.32. The molecule has 72 valence electrons. The van der Waals surface area contributed by atoms with Crippen molar-refractivity contribution in [3.63, 3.8) is 0 Å². The van der Waals surface area contributed by atoms with Crippen LogP contribution in [-0.4, -0.2) is 62.8 Å². The third-order valence-electron chi connectivity index (χ3n) is 1.84. The summed E-state index contributed by atoms with van der Waals surface area (Å²) in [6.45, 7) is -0.596. The van der Waals surface area contributed by atoms with Crippen LogP contribution in [0.5, 0.6) is 0 Å². The first-order valence-corrected chi connectivity index (χ1v) is 3.56. The van der Waals surface area contributed by atoms with Gasteiger partial charge in [-0.2, -0.15) is 0 Å². The van der Waals surface area contributed by atoms with Crippen LogP contribution in [0.4, 0.5) is 0 Å². The minimum atomic E-state index is -1.51. The van der Waals surface area contributed by atoms with Crippen LogP contribution in [-0.2, 0) is 4.74 Å². The Morgan fingerprint density at radius 2 is 1.75 bits per heavy atom. The third kappa shape index (κ3) is 1.58. The Hall–Kier alpha value is -0.240. The maximum atomic E-state index is 9.12. The molecule has 5 N–H and O–H groups in total. The van der Waals surface area contributed by atoms with Crippen LogP contribution >= 0.6 is 0 Å². The lowest BCUT2D eigenvalue weighted by Crippen LogP contribution is -2.40. The summed E-state index contributed by atoms with van der Waals surface area (Å²) in [5.41, 5.74) is 0. The zero-order chi connectivity index (χ0) is 9.30. The highest BCUT2D eigenvalue weighted by atomic mass is 16.6. The molecular formula is C6H12O6. The van der Waals surface area contributed by atoms with Gasteiger partial charge in [-0.3, -0.25) is 0 Å². The highest BCUT2D eigenvalue weighted by Crippen LogP contribution is 2.21. The molecule has 0 aromatic heterocycles. The van der Waals surface area contributed by atoms with E-state index < -0.39 is 37.3 Å². The highest BCUT2D eigenvalue weighted by Gasteiger charge is 2.44. The lowest BCUT2D eigenvalue weighted by atomic mass is 10.1. The normalized spacial score (nSPS) is 44.8. The largest absolute Gasteiger partial charge is 0.394 e. The quantitative estimate of drug-likeness (QED) is 0.306. The Labute approximate surface area is 68.6 Å². The third-order valence-corrected chi connectivity index (χ3v) is 1.84. The molecule has 6 heteroatoms. The molecule has 0 unspecified atom stereocenters. The molecule has 5 atom stereocenters. The summed E-state index contributed by atoms with van der Waals surface area (Å²) in [6.07, 6.45) is -6.75. The molecule has 1 fully saturated rings. The number of ether oxygens (including phenoxy) is 1. The minimum Gasteiger partial charge on any atom is -0.394 e. The molecule has 0 spiro atoms. The van der Waals surface area contributed by atoms with Gasteiger partial charge in [0.05, 0.1) is 6.61 Å². The molecule has 0 amide bonds. The van der Waals surface area contributed by atoms with E-state index in [-0.39, 0.29) is 0 Å². The summed E-state index contributed by atoms with van der Waals surface area (Å²) in [4.78, 5) is 0. The topological polar surface area (TPSA) is 110 Å². The van der Waals surface area contributed by atoms with Crippen molar-refractivity contribution < 1.29 is 30.3 Å². The smallest absolute Gasteiger partial charge is 0.184 e. The van der Waals surface area contributed by atoms with Gasteiger partial charge in [0.25, 0.3) is 0 Å². The summed E-state index contributed by atoms with van der Waals surface area (Å²) in [5, 5.41) is 44.4. The summed E-state index contributed by atoms with van der Waals surface area (Å²) in [6, 6.07) is 0. The first-order chi connectivity index (χ1) is 5.57. The maximum Gasteiger partial charge on any atom is 0.184 e. The molecule has 0 aliphatic carbocycles. The molecule has 0 aromatic rings. The van der Waals surface area contributed by atoms with Crippen molar-refractivity contribution in [2.24, 2.45) is 0 Å².